The SMILES string of the molecule is CN(C)CCCn1c(N)c(-c2nc3ccccc3o2)c2nc(C#N)c(C#N)nc21. The summed E-state index contributed by atoms with van der Waals surface area (Å²) in [6.45, 7) is 1.43. The zero-order valence-corrected chi connectivity index (χ0v) is 16.0. The molecule has 9 heteroatoms. The molecular formula is C20H18N8O. The highest BCUT2D eigenvalue weighted by molar-refractivity contribution is 5.97. The molecule has 0 saturated heterocycles. The summed E-state index contributed by atoms with van der Waals surface area (Å²) in [5, 5.41) is 18.7. The summed E-state index contributed by atoms with van der Waals surface area (Å²) in [6.07, 6.45) is 0.817. The highest BCUT2D eigenvalue weighted by atomic mass is 16.3. The van der Waals surface area contributed by atoms with Gasteiger partial charge in [0.2, 0.25) is 5.89 Å². The zero-order valence-electron chi connectivity index (χ0n) is 16.0. The van der Waals surface area contributed by atoms with Crippen LogP contribution in [0.3, 0.4) is 0 Å². The van der Waals surface area contributed by atoms with Gasteiger partial charge in [-0.3, -0.25) is 0 Å². The van der Waals surface area contributed by atoms with Crippen molar-refractivity contribution in [2.24, 2.45) is 0 Å². The second-order valence-corrected chi connectivity index (χ2v) is 6.87. The van der Waals surface area contributed by atoms with E-state index in [1.165, 1.54) is 0 Å². The van der Waals surface area contributed by atoms with Crippen molar-refractivity contribution in [1.29, 1.82) is 10.5 Å². The fourth-order valence-corrected chi connectivity index (χ4v) is 3.27. The summed E-state index contributed by atoms with van der Waals surface area (Å²) in [4.78, 5) is 15.4. The van der Waals surface area contributed by atoms with E-state index < -0.39 is 0 Å². The lowest BCUT2D eigenvalue weighted by Gasteiger charge is -2.11. The average Bonchev–Trinajstić information content (AvgIpc) is 3.25. The van der Waals surface area contributed by atoms with Crippen molar-refractivity contribution in [1.82, 2.24) is 24.4 Å². The van der Waals surface area contributed by atoms with Crippen molar-refractivity contribution in [2.75, 3.05) is 26.4 Å². The largest absolute Gasteiger partial charge is 0.436 e. The fourth-order valence-electron chi connectivity index (χ4n) is 3.27. The number of anilines is 1. The average molecular weight is 386 g/mol. The molecule has 0 unspecified atom stereocenters. The molecule has 4 rings (SSSR count). The lowest BCUT2D eigenvalue weighted by Crippen LogP contribution is -2.16. The minimum absolute atomic E-state index is 0.0320. The van der Waals surface area contributed by atoms with Crippen molar-refractivity contribution in [3.8, 4) is 23.6 Å². The van der Waals surface area contributed by atoms with Gasteiger partial charge in [0.25, 0.3) is 0 Å². The van der Waals surface area contributed by atoms with Crippen LogP contribution in [-0.4, -0.2) is 45.1 Å². The van der Waals surface area contributed by atoms with Gasteiger partial charge in [0, 0.05) is 6.54 Å². The summed E-state index contributed by atoms with van der Waals surface area (Å²) in [7, 11) is 3.99. The molecule has 0 spiro atoms. The van der Waals surface area contributed by atoms with Crippen LogP contribution in [0.2, 0.25) is 0 Å². The van der Waals surface area contributed by atoms with E-state index in [1.807, 2.05) is 50.5 Å². The van der Waals surface area contributed by atoms with Crippen LogP contribution in [0.5, 0.6) is 0 Å². The van der Waals surface area contributed by atoms with Crippen LogP contribution in [0.1, 0.15) is 17.8 Å². The first-order valence-electron chi connectivity index (χ1n) is 9.04. The molecule has 9 nitrogen and oxygen atoms in total. The van der Waals surface area contributed by atoms with Gasteiger partial charge in [0.05, 0.1) is 0 Å². The molecule has 0 bridgehead atoms. The van der Waals surface area contributed by atoms with Crippen LogP contribution in [0.15, 0.2) is 28.7 Å². The van der Waals surface area contributed by atoms with Gasteiger partial charge in [0.1, 0.15) is 34.6 Å². The Morgan fingerprint density at radius 1 is 1.10 bits per heavy atom. The number of aryl methyl sites for hydroxylation is 1. The van der Waals surface area contributed by atoms with Crippen molar-refractivity contribution < 1.29 is 4.42 Å². The third-order valence-corrected chi connectivity index (χ3v) is 4.62. The van der Waals surface area contributed by atoms with E-state index in [0.29, 0.717) is 46.1 Å². The summed E-state index contributed by atoms with van der Waals surface area (Å²) < 4.78 is 7.70. The molecule has 2 N–H and O–H groups in total. The first-order valence-corrected chi connectivity index (χ1v) is 9.04. The highest BCUT2D eigenvalue weighted by Crippen LogP contribution is 2.36. The lowest BCUT2D eigenvalue weighted by atomic mass is 10.2. The molecule has 0 aliphatic carbocycles. The molecule has 0 aliphatic heterocycles. The van der Waals surface area contributed by atoms with Crippen molar-refractivity contribution in [3.05, 3.63) is 35.7 Å². The van der Waals surface area contributed by atoms with Gasteiger partial charge in [0.15, 0.2) is 22.6 Å². The summed E-state index contributed by atoms with van der Waals surface area (Å²) >= 11 is 0. The Bertz CT molecular complexity index is 1270. The maximum atomic E-state index is 9.38. The van der Waals surface area contributed by atoms with Gasteiger partial charge >= 0.3 is 0 Å². The van der Waals surface area contributed by atoms with Crippen LogP contribution in [0.4, 0.5) is 5.82 Å². The van der Waals surface area contributed by atoms with Crippen molar-refractivity contribution in [3.63, 3.8) is 0 Å². The third-order valence-electron chi connectivity index (χ3n) is 4.62. The van der Waals surface area contributed by atoms with E-state index in [2.05, 4.69) is 19.9 Å². The van der Waals surface area contributed by atoms with E-state index in [4.69, 9.17) is 10.2 Å². The van der Waals surface area contributed by atoms with Crippen LogP contribution in [-0.2, 0) is 6.54 Å². The minimum Gasteiger partial charge on any atom is -0.436 e. The molecule has 0 amide bonds. The molecular weight excluding hydrogens is 368 g/mol. The molecule has 144 valence electrons. The number of para-hydroxylation sites is 2. The Balaban J connectivity index is 1.96. The smallest absolute Gasteiger partial charge is 0.233 e. The van der Waals surface area contributed by atoms with Crippen LogP contribution >= 0.6 is 0 Å². The second-order valence-electron chi connectivity index (χ2n) is 6.87. The quantitative estimate of drug-likeness (QED) is 0.553. The van der Waals surface area contributed by atoms with Crippen LogP contribution < -0.4 is 5.73 Å². The van der Waals surface area contributed by atoms with Gasteiger partial charge in [-0.25, -0.2) is 15.0 Å². The number of nitrogen functional groups attached to an aromatic ring is 1. The predicted octanol–water partition coefficient (Wildman–Crippen LogP) is 2.52. The van der Waals surface area contributed by atoms with E-state index >= 15 is 0 Å². The topological polar surface area (TPSA) is 134 Å². The molecule has 0 radical (unpaired) electrons. The first-order chi connectivity index (χ1) is 14.0. The third kappa shape index (κ3) is 3.14. The van der Waals surface area contributed by atoms with E-state index in [0.717, 1.165) is 13.0 Å². The molecule has 3 aromatic heterocycles. The van der Waals surface area contributed by atoms with Gasteiger partial charge in [-0.15, -0.1) is 0 Å². The number of oxazole rings is 1. The summed E-state index contributed by atoms with van der Waals surface area (Å²) in [5.41, 5.74) is 9.02. The number of fused-ring (bicyclic) bond motifs is 2. The van der Waals surface area contributed by atoms with E-state index in [1.54, 1.807) is 4.57 Å². The molecule has 4 aromatic rings. The van der Waals surface area contributed by atoms with Crippen LogP contribution in [0, 0.1) is 22.7 Å². The number of benzene rings is 1. The number of nitrogens with zero attached hydrogens (tertiary/aromatic N) is 7. The Labute approximate surface area is 166 Å². The zero-order chi connectivity index (χ0) is 20.5. The molecule has 3 heterocycles. The van der Waals surface area contributed by atoms with Gasteiger partial charge in [-0.05, 0) is 39.2 Å². The molecule has 1 aromatic carbocycles. The molecule has 29 heavy (non-hydrogen) atoms. The summed E-state index contributed by atoms with van der Waals surface area (Å²) in [5.74, 6) is 0.701. The lowest BCUT2D eigenvalue weighted by molar-refractivity contribution is 0.388. The monoisotopic (exact) mass is 386 g/mol. The number of nitriles is 2. The summed E-state index contributed by atoms with van der Waals surface area (Å²) in [6, 6.07) is 11.2. The van der Waals surface area contributed by atoms with Gasteiger partial charge in [-0.2, -0.15) is 10.5 Å². The van der Waals surface area contributed by atoms with E-state index in [-0.39, 0.29) is 11.4 Å². The van der Waals surface area contributed by atoms with E-state index in [9.17, 15) is 10.5 Å². The Morgan fingerprint density at radius 2 is 1.83 bits per heavy atom. The molecule has 0 aliphatic rings. The predicted molar refractivity (Wildman–Crippen MR) is 108 cm³/mol. The number of hydrogen-bond acceptors (Lipinski definition) is 8. The fraction of sp³-hybridized carbons (Fsp3) is 0.250. The maximum Gasteiger partial charge on any atom is 0.233 e. The minimum atomic E-state index is -0.0530. The highest BCUT2D eigenvalue weighted by Gasteiger charge is 2.25. The number of hydrogen-bond donors (Lipinski definition) is 1. The maximum absolute atomic E-state index is 9.38. The number of aromatic nitrogens is 4. The molecule has 0 fully saturated rings. The second kappa shape index (κ2) is 7.23. The standard InChI is InChI=1S/C20H18N8O/c1-27(2)8-5-9-28-18(23)16(20-26-12-6-3-4-7-15(12)29-20)17-19(28)25-14(11-22)13(10-21)24-17/h3-4,6-7H,5,8-9,23H2,1-2H3. The first kappa shape index (κ1) is 18.4. The molecule has 0 atom stereocenters. The number of nitrogens with two attached hydrogens (primary N) is 1. The Morgan fingerprint density at radius 3 is 2.52 bits per heavy atom. The Hall–Kier alpha value is -3.95. The van der Waals surface area contributed by atoms with Crippen molar-refractivity contribution in [2.45, 2.75) is 13.0 Å². The Kier molecular flexibility index (Phi) is 4.59. The normalized spacial score (nSPS) is 11.2. The van der Waals surface area contributed by atoms with Crippen molar-refractivity contribution >= 4 is 28.1 Å². The molecule has 0 saturated carbocycles. The van der Waals surface area contributed by atoms with Crippen LogP contribution in [0.25, 0.3) is 33.7 Å². The van der Waals surface area contributed by atoms with Gasteiger partial charge < -0.3 is 19.6 Å². The van der Waals surface area contributed by atoms with Gasteiger partial charge in [-0.1, -0.05) is 12.1 Å². The number of rotatable bonds is 5.